The van der Waals surface area contributed by atoms with Gasteiger partial charge in [-0.2, -0.15) is 0 Å². The standard InChI is InChI=1S/C30H54N4O4/c1-20(2)26(19-23(7)29(37)34-17-11-9-13-24(34)15-18-35)32(8)30(38)27(21(3)4)31-28(36)25-14-10-12-16-33(25)22(5)6/h19-22,24-27,35H,9-18H2,1-8H3,(H,31,36)/t24?,25?,26-,27+/m1/s1. The van der Waals surface area contributed by atoms with Crippen LogP contribution in [0.25, 0.3) is 0 Å². The molecule has 2 aliphatic heterocycles. The van der Waals surface area contributed by atoms with Crippen LogP contribution in [0.3, 0.4) is 0 Å². The predicted molar refractivity (Wildman–Crippen MR) is 152 cm³/mol. The minimum absolute atomic E-state index is 0.0190. The number of nitrogens with one attached hydrogen (secondary N) is 1. The smallest absolute Gasteiger partial charge is 0.249 e. The van der Waals surface area contributed by atoms with E-state index < -0.39 is 6.04 Å². The Morgan fingerprint density at radius 2 is 1.61 bits per heavy atom. The van der Waals surface area contributed by atoms with E-state index in [1.807, 2.05) is 45.6 Å². The third-order valence-corrected chi connectivity index (χ3v) is 8.33. The topological polar surface area (TPSA) is 93.2 Å². The molecule has 0 spiro atoms. The highest BCUT2D eigenvalue weighted by atomic mass is 16.3. The van der Waals surface area contributed by atoms with E-state index in [1.165, 1.54) is 0 Å². The predicted octanol–water partition coefficient (Wildman–Crippen LogP) is 3.58. The van der Waals surface area contributed by atoms with Gasteiger partial charge in [-0.05, 0) is 77.7 Å². The third kappa shape index (κ3) is 8.28. The quantitative estimate of drug-likeness (QED) is 0.395. The Morgan fingerprint density at radius 3 is 2.18 bits per heavy atom. The second-order valence-electron chi connectivity index (χ2n) is 12.3. The Labute approximate surface area is 231 Å². The van der Waals surface area contributed by atoms with Crippen LogP contribution in [-0.4, -0.2) is 94.5 Å². The van der Waals surface area contributed by atoms with Gasteiger partial charge in [-0.3, -0.25) is 19.3 Å². The van der Waals surface area contributed by atoms with Crippen LogP contribution < -0.4 is 5.32 Å². The molecule has 2 rings (SSSR count). The zero-order valence-corrected chi connectivity index (χ0v) is 25.2. The van der Waals surface area contributed by atoms with Gasteiger partial charge in [0.25, 0.3) is 0 Å². The molecule has 2 saturated heterocycles. The number of aliphatic hydroxyl groups is 1. The molecule has 0 aromatic heterocycles. The number of amides is 3. The summed E-state index contributed by atoms with van der Waals surface area (Å²) in [6.07, 6.45) is 8.38. The van der Waals surface area contributed by atoms with Crippen molar-refractivity contribution in [1.82, 2.24) is 20.0 Å². The number of hydrogen-bond acceptors (Lipinski definition) is 5. The lowest BCUT2D eigenvalue weighted by atomic mass is 9.95. The average molecular weight is 535 g/mol. The largest absolute Gasteiger partial charge is 0.396 e. The van der Waals surface area contributed by atoms with Crippen LogP contribution in [0.15, 0.2) is 11.6 Å². The van der Waals surface area contributed by atoms with E-state index in [0.29, 0.717) is 18.5 Å². The highest BCUT2D eigenvalue weighted by Crippen LogP contribution is 2.24. The number of hydrogen-bond donors (Lipinski definition) is 2. The second-order valence-corrected chi connectivity index (χ2v) is 12.3. The van der Waals surface area contributed by atoms with Crippen molar-refractivity contribution in [2.24, 2.45) is 11.8 Å². The van der Waals surface area contributed by atoms with Gasteiger partial charge in [0.15, 0.2) is 0 Å². The monoisotopic (exact) mass is 534 g/mol. The maximum atomic E-state index is 13.8. The first-order valence-corrected chi connectivity index (χ1v) is 14.8. The summed E-state index contributed by atoms with van der Waals surface area (Å²) in [6, 6.07) is -0.792. The van der Waals surface area contributed by atoms with Gasteiger partial charge in [0.05, 0.1) is 12.1 Å². The highest BCUT2D eigenvalue weighted by molar-refractivity contribution is 5.94. The summed E-state index contributed by atoms with van der Waals surface area (Å²) in [4.78, 5) is 46.4. The van der Waals surface area contributed by atoms with Crippen molar-refractivity contribution in [1.29, 1.82) is 0 Å². The number of aliphatic hydroxyl groups excluding tert-OH is 1. The number of nitrogens with zero attached hydrogens (tertiary/aromatic N) is 3. The van der Waals surface area contributed by atoms with E-state index in [-0.39, 0.29) is 60.3 Å². The molecule has 4 atom stereocenters. The van der Waals surface area contributed by atoms with Gasteiger partial charge < -0.3 is 20.2 Å². The minimum atomic E-state index is -0.634. The zero-order valence-electron chi connectivity index (χ0n) is 25.2. The molecule has 2 fully saturated rings. The van der Waals surface area contributed by atoms with Crippen LogP contribution in [0.1, 0.15) is 93.4 Å². The Morgan fingerprint density at radius 1 is 0.974 bits per heavy atom. The van der Waals surface area contributed by atoms with Crippen molar-refractivity contribution in [3.8, 4) is 0 Å². The molecule has 38 heavy (non-hydrogen) atoms. The summed E-state index contributed by atoms with van der Waals surface area (Å²) in [5.74, 6) is -0.209. The van der Waals surface area contributed by atoms with Crippen LogP contribution in [0, 0.1) is 11.8 Å². The molecule has 2 heterocycles. The fourth-order valence-corrected chi connectivity index (χ4v) is 6.01. The first-order chi connectivity index (χ1) is 17.9. The molecule has 0 bridgehead atoms. The van der Waals surface area contributed by atoms with Crippen LogP contribution in [-0.2, 0) is 14.4 Å². The summed E-state index contributed by atoms with van der Waals surface area (Å²) in [6.45, 7) is 15.7. The Kier molecular flexibility index (Phi) is 12.8. The maximum absolute atomic E-state index is 13.8. The van der Waals surface area contributed by atoms with E-state index in [9.17, 15) is 19.5 Å². The van der Waals surface area contributed by atoms with E-state index >= 15 is 0 Å². The molecule has 2 aliphatic rings. The van der Waals surface area contributed by atoms with E-state index in [1.54, 1.807) is 11.9 Å². The van der Waals surface area contributed by atoms with Crippen molar-refractivity contribution >= 4 is 17.7 Å². The molecule has 8 nitrogen and oxygen atoms in total. The van der Waals surface area contributed by atoms with Crippen molar-refractivity contribution < 1.29 is 19.5 Å². The number of rotatable bonds is 11. The SMILES string of the molecule is CC(=C[C@H](C(C)C)N(C)C(=O)[C@@H](NC(=O)C1CCCCN1C(C)C)C(C)C)C(=O)N1CCCCC1CCO. The maximum Gasteiger partial charge on any atom is 0.249 e. The number of carbonyl (C=O) groups excluding carboxylic acids is 3. The highest BCUT2D eigenvalue weighted by Gasteiger charge is 2.36. The van der Waals surface area contributed by atoms with E-state index in [0.717, 1.165) is 45.1 Å². The van der Waals surface area contributed by atoms with Crippen molar-refractivity contribution in [2.45, 2.75) is 124 Å². The fourth-order valence-electron chi connectivity index (χ4n) is 6.01. The first kappa shape index (κ1) is 32.3. The Balaban J connectivity index is 2.20. The van der Waals surface area contributed by atoms with Crippen LogP contribution in [0.2, 0.25) is 0 Å². The first-order valence-electron chi connectivity index (χ1n) is 14.8. The lowest BCUT2D eigenvalue weighted by Crippen LogP contribution is -2.58. The van der Waals surface area contributed by atoms with Crippen LogP contribution in [0.4, 0.5) is 0 Å². The van der Waals surface area contributed by atoms with E-state index in [2.05, 4.69) is 24.1 Å². The molecule has 0 aliphatic carbocycles. The Bertz CT molecular complexity index is 823. The molecule has 3 amide bonds. The number of likely N-dealkylation sites (N-methyl/N-ethyl adjacent to an activating group) is 1. The molecule has 2 unspecified atom stereocenters. The zero-order chi connectivity index (χ0) is 28.6. The van der Waals surface area contributed by atoms with Crippen molar-refractivity contribution in [3.05, 3.63) is 11.6 Å². The van der Waals surface area contributed by atoms with Crippen LogP contribution in [0.5, 0.6) is 0 Å². The van der Waals surface area contributed by atoms with Gasteiger partial charge in [-0.15, -0.1) is 0 Å². The minimum Gasteiger partial charge on any atom is -0.396 e. The molecule has 0 radical (unpaired) electrons. The van der Waals surface area contributed by atoms with Crippen molar-refractivity contribution in [2.75, 3.05) is 26.7 Å². The molecular formula is C30H54N4O4. The third-order valence-electron chi connectivity index (χ3n) is 8.33. The average Bonchev–Trinajstić information content (AvgIpc) is 2.88. The van der Waals surface area contributed by atoms with Gasteiger partial charge in [0.1, 0.15) is 6.04 Å². The second kappa shape index (κ2) is 15.0. The van der Waals surface area contributed by atoms with Crippen molar-refractivity contribution in [3.63, 3.8) is 0 Å². The lowest BCUT2D eigenvalue weighted by molar-refractivity contribution is -0.140. The molecule has 0 aromatic rings. The molecule has 2 N–H and O–H groups in total. The summed E-state index contributed by atoms with van der Waals surface area (Å²) in [7, 11) is 1.78. The summed E-state index contributed by atoms with van der Waals surface area (Å²) in [5, 5.41) is 12.6. The molecule has 8 heteroatoms. The summed E-state index contributed by atoms with van der Waals surface area (Å²) >= 11 is 0. The number of carbonyl (C=O) groups is 3. The normalized spacial score (nSPS) is 23.1. The van der Waals surface area contributed by atoms with Gasteiger partial charge in [0.2, 0.25) is 17.7 Å². The van der Waals surface area contributed by atoms with E-state index in [4.69, 9.17) is 0 Å². The summed E-state index contributed by atoms with van der Waals surface area (Å²) < 4.78 is 0. The fraction of sp³-hybridized carbons (Fsp3) is 0.833. The van der Waals surface area contributed by atoms with Gasteiger partial charge >= 0.3 is 0 Å². The molecule has 0 aromatic carbocycles. The van der Waals surface area contributed by atoms with Gasteiger partial charge in [-0.1, -0.05) is 40.2 Å². The number of piperidine rings is 2. The number of likely N-dealkylation sites (tertiary alicyclic amines) is 2. The van der Waals surface area contributed by atoms with Gasteiger partial charge in [-0.25, -0.2) is 0 Å². The molecule has 218 valence electrons. The Hall–Kier alpha value is -1.93. The van der Waals surface area contributed by atoms with Gasteiger partial charge in [0, 0.05) is 37.9 Å². The lowest BCUT2D eigenvalue weighted by Gasteiger charge is -2.39. The molecule has 0 saturated carbocycles. The summed E-state index contributed by atoms with van der Waals surface area (Å²) in [5.41, 5.74) is 0.619. The van der Waals surface area contributed by atoms with Crippen LogP contribution >= 0.6 is 0 Å². The molecular weight excluding hydrogens is 480 g/mol.